The van der Waals surface area contributed by atoms with Crippen LogP contribution in [0.5, 0.6) is 0 Å². The van der Waals surface area contributed by atoms with Crippen LogP contribution in [0.25, 0.3) is 10.9 Å². The summed E-state index contributed by atoms with van der Waals surface area (Å²) < 4.78 is 18.7. The Morgan fingerprint density at radius 2 is 1.92 bits per heavy atom. The van der Waals surface area contributed by atoms with Crippen molar-refractivity contribution in [2.75, 3.05) is 10.6 Å². The van der Waals surface area contributed by atoms with Crippen LogP contribution < -0.4 is 10.6 Å². The maximum atomic E-state index is 13.3. The van der Waals surface area contributed by atoms with Crippen molar-refractivity contribution in [2.45, 2.75) is 6.54 Å². The van der Waals surface area contributed by atoms with Crippen LogP contribution in [0.4, 0.5) is 21.6 Å². The molecule has 2 aromatic heterocycles. The molecule has 0 amide bonds. The minimum Gasteiger partial charge on any atom is -0.467 e. The van der Waals surface area contributed by atoms with Gasteiger partial charge in [0.25, 0.3) is 0 Å². The summed E-state index contributed by atoms with van der Waals surface area (Å²) >= 11 is 5.85. The lowest BCUT2D eigenvalue weighted by Gasteiger charge is -2.11. The highest BCUT2D eigenvalue weighted by Crippen LogP contribution is 2.27. The Morgan fingerprint density at radius 3 is 2.73 bits per heavy atom. The summed E-state index contributed by atoms with van der Waals surface area (Å²) in [5, 5.41) is 7.34. The van der Waals surface area contributed by atoms with Crippen LogP contribution in [-0.4, -0.2) is 9.97 Å². The van der Waals surface area contributed by atoms with Crippen LogP contribution in [0.3, 0.4) is 0 Å². The fraction of sp³-hybridized carbons (Fsp3) is 0.0526. The summed E-state index contributed by atoms with van der Waals surface area (Å²) in [4.78, 5) is 8.58. The van der Waals surface area contributed by atoms with Crippen LogP contribution >= 0.6 is 11.6 Å². The van der Waals surface area contributed by atoms with Crippen molar-refractivity contribution in [3.05, 3.63) is 77.7 Å². The molecule has 0 aliphatic rings. The molecule has 7 heteroatoms. The fourth-order valence-electron chi connectivity index (χ4n) is 2.58. The van der Waals surface area contributed by atoms with Crippen LogP contribution in [0.2, 0.25) is 5.02 Å². The molecule has 0 unspecified atom stereocenters. The zero-order valence-corrected chi connectivity index (χ0v) is 14.3. The number of nitrogens with zero attached hydrogens (tertiary/aromatic N) is 2. The van der Waals surface area contributed by atoms with E-state index in [9.17, 15) is 4.39 Å². The number of hydrogen-bond donors (Lipinski definition) is 2. The van der Waals surface area contributed by atoms with E-state index < -0.39 is 5.82 Å². The van der Waals surface area contributed by atoms with Crippen molar-refractivity contribution < 1.29 is 8.81 Å². The fourth-order valence-corrected chi connectivity index (χ4v) is 2.76. The molecule has 2 heterocycles. The molecule has 0 bridgehead atoms. The van der Waals surface area contributed by atoms with E-state index in [2.05, 4.69) is 20.6 Å². The lowest BCUT2D eigenvalue weighted by molar-refractivity contribution is 0.518. The molecule has 0 aliphatic heterocycles. The van der Waals surface area contributed by atoms with Gasteiger partial charge in [-0.25, -0.2) is 14.4 Å². The summed E-state index contributed by atoms with van der Waals surface area (Å²) in [6.07, 6.45) is 3.12. The van der Waals surface area contributed by atoms with Gasteiger partial charge in [-0.05, 0) is 48.5 Å². The summed E-state index contributed by atoms with van der Waals surface area (Å²) in [7, 11) is 0. The number of furan rings is 1. The van der Waals surface area contributed by atoms with Gasteiger partial charge in [0.05, 0.1) is 23.3 Å². The molecular formula is C19H14ClFN4O. The molecule has 5 nitrogen and oxygen atoms in total. The average Bonchev–Trinajstić information content (AvgIpc) is 3.17. The highest BCUT2D eigenvalue weighted by atomic mass is 35.5. The third-order valence-corrected chi connectivity index (χ3v) is 4.15. The molecule has 4 rings (SSSR count). The molecule has 130 valence electrons. The normalized spacial score (nSPS) is 10.8. The molecule has 2 N–H and O–H groups in total. The van der Waals surface area contributed by atoms with Gasteiger partial charge in [0, 0.05) is 16.8 Å². The summed E-state index contributed by atoms with van der Waals surface area (Å²) in [5.41, 5.74) is 2.34. The number of hydrogen-bond acceptors (Lipinski definition) is 5. The SMILES string of the molecule is Fc1ccc(Nc2ncnc3ccc(NCc4ccco4)cc23)cc1Cl. The molecule has 0 aliphatic carbocycles. The maximum absolute atomic E-state index is 13.3. The Kier molecular flexibility index (Phi) is 4.41. The second-order valence-electron chi connectivity index (χ2n) is 5.64. The maximum Gasteiger partial charge on any atom is 0.141 e. The van der Waals surface area contributed by atoms with Crippen LogP contribution in [0.15, 0.2) is 65.5 Å². The van der Waals surface area contributed by atoms with Gasteiger partial charge in [-0.1, -0.05) is 11.6 Å². The van der Waals surface area contributed by atoms with Gasteiger partial charge in [-0.15, -0.1) is 0 Å². The van der Waals surface area contributed by atoms with E-state index in [1.54, 1.807) is 12.3 Å². The summed E-state index contributed by atoms with van der Waals surface area (Å²) in [5.74, 6) is 0.988. The van der Waals surface area contributed by atoms with Gasteiger partial charge in [0.2, 0.25) is 0 Å². The van der Waals surface area contributed by atoms with Gasteiger partial charge in [-0.3, -0.25) is 0 Å². The Hall–Kier alpha value is -3.12. The van der Waals surface area contributed by atoms with Gasteiger partial charge in [-0.2, -0.15) is 0 Å². The lowest BCUT2D eigenvalue weighted by atomic mass is 10.2. The van der Waals surface area contributed by atoms with Gasteiger partial charge < -0.3 is 15.1 Å². The second kappa shape index (κ2) is 7.01. The van der Waals surface area contributed by atoms with Crippen molar-refractivity contribution in [3.8, 4) is 0 Å². The Bertz CT molecular complexity index is 1050. The molecule has 0 saturated carbocycles. The zero-order chi connectivity index (χ0) is 17.9. The third-order valence-electron chi connectivity index (χ3n) is 3.86. The Morgan fingerprint density at radius 1 is 1.04 bits per heavy atom. The molecule has 0 radical (unpaired) electrons. The molecule has 0 atom stereocenters. The average molecular weight is 369 g/mol. The molecule has 4 aromatic rings. The molecule has 0 saturated heterocycles. The standard InChI is InChI=1S/C19H14ClFN4O/c20-16-9-13(3-5-17(16)21)25-19-15-8-12(4-6-18(15)23-11-24-19)22-10-14-2-1-7-26-14/h1-9,11,22H,10H2,(H,23,24,25). The smallest absolute Gasteiger partial charge is 0.141 e. The number of aromatic nitrogens is 2. The van der Waals surface area contributed by atoms with Crippen molar-refractivity contribution >= 4 is 39.7 Å². The molecule has 0 spiro atoms. The van der Waals surface area contributed by atoms with Gasteiger partial charge >= 0.3 is 0 Å². The topological polar surface area (TPSA) is 63.0 Å². The quantitative estimate of drug-likeness (QED) is 0.495. The van der Waals surface area contributed by atoms with E-state index in [1.165, 1.54) is 18.5 Å². The number of fused-ring (bicyclic) bond motifs is 1. The zero-order valence-electron chi connectivity index (χ0n) is 13.5. The first kappa shape index (κ1) is 16.4. The van der Waals surface area contributed by atoms with Crippen LogP contribution in [-0.2, 0) is 6.54 Å². The van der Waals surface area contributed by atoms with E-state index in [-0.39, 0.29) is 5.02 Å². The number of rotatable bonds is 5. The van der Waals surface area contributed by atoms with Crippen LogP contribution in [0.1, 0.15) is 5.76 Å². The molecule has 0 fully saturated rings. The van der Waals surface area contributed by atoms with Crippen molar-refractivity contribution in [3.63, 3.8) is 0 Å². The molecule has 26 heavy (non-hydrogen) atoms. The van der Waals surface area contributed by atoms with Crippen LogP contribution in [0, 0.1) is 5.82 Å². The first-order chi connectivity index (χ1) is 12.7. The molecular weight excluding hydrogens is 355 g/mol. The van der Waals surface area contributed by atoms with E-state index in [0.717, 1.165) is 22.4 Å². The number of halogens is 2. The van der Waals surface area contributed by atoms with Gasteiger partial charge in [0.15, 0.2) is 0 Å². The number of nitrogens with one attached hydrogen (secondary N) is 2. The highest BCUT2D eigenvalue weighted by molar-refractivity contribution is 6.31. The lowest BCUT2D eigenvalue weighted by Crippen LogP contribution is -2.00. The van der Waals surface area contributed by atoms with E-state index >= 15 is 0 Å². The first-order valence-electron chi connectivity index (χ1n) is 7.92. The summed E-state index contributed by atoms with van der Waals surface area (Å²) in [6, 6.07) is 14.0. The van der Waals surface area contributed by atoms with Crippen molar-refractivity contribution in [1.29, 1.82) is 0 Å². The number of benzene rings is 2. The second-order valence-corrected chi connectivity index (χ2v) is 6.05. The largest absolute Gasteiger partial charge is 0.467 e. The Labute approximate surface area is 153 Å². The van der Waals surface area contributed by atoms with Crippen molar-refractivity contribution in [1.82, 2.24) is 9.97 Å². The van der Waals surface area contributed by atoms with Gasteiger partial charge in [0.1, 0.15) is 23.7 Å². The summed E-state index contributed by atoms with van der Waals surface area (Å²) in [6.45, 7) is 0.572. The Balaban J connectivity index is 1.63. The van der Waals surface area contributed by atoms with E-state index in [4.69, 9.17) is 16.0 Å². The number of anilines is 3. The minimum absolute atomic E-state index is 0.0502. The first-order valence-corrected chi connectivity index (χ1v) is 8.30. The molecule has 2 aromatic carbocycles. The minimum atomic E-state index is -0.464. The predicted molar refractivity (Wildman–Crippen MR) is 100 cm³/mol. The monoisotopic (exact) mass is 368 g/mol. The van der Waals surface area contributed by atoms with Crippen molar-refractivity contribution in [2.24, 2.45) is 0 Å². The predicted octanol–water partition coefficient (Wildman–Crippen LogP) is 5.37. The van der Waals surface area contributed by atoms with E-state index in [0.29, 0.717) is 18.1 Å². The van der Waals surface area contributed by atoms with E-state index in [1.807, 2.05) is 30.3 Å². The highest BCUT2D eigenvalue weighted by Gasteiger charge is 2.07. The third kappa shape index (κ3) is 3.45.